The van der Waals surface area contributed by atoms with Crippen LogP contribution in [0.1, 0.15) is 30.1 Å². The third kappa shape index (κ3) is 3.17. The summed E-state index contributed by atoms with van der Waals surface area (Å²) in [7, 11) is 0. The molecule has 0 bridgehead atoms. The Morgan fingerprint density at radius 1 is 1.37 bits per heavy atom. The second-order valence-electron chi connectivity index (χ2n) is 5.11. The van der Waals surface area contributed by atoms with Crippen LogP contribution >= 0.6 is 31.9 Å². The van der Waals surface area contributed by atoms with Gasteiger partial charge in [-0.05, 0) is 26.8 Å². The van der Waals surface area contributed by atoms with Gasteiger partial charge in [0.1, 0.15) is 11.9 Å². The van der Waals surface area contributed by atoms with E-state index in [1.54, 1.807) is 0 Å². The molecule has 6 heteroatoms. The number of para-hydroxylation sites is 1. The Kier molecular flexibility index (Phi) is 4.01. The fourth-order valence-electron chi connectivity index (χ4n) is 1.69. The number of aromatic nitrogens is 2. The number of benzene rings is 1. The molecule has 1 aromatic heterocycles. The molecule has 102 valence electrons. The van der Waals surface area contributed by atoms with Crippen LogP contribution in [-0.2, 0) is 4.74 Å². The topological polar surface area (TPSA) is 44.1 Å². The third-order valence-electron chi connectivity index (χ3n) is 2.43. The van der Waals surface area contributed by atoms with Crippen LogP contribution in [0.15, 0.2) is 24.5 Å². The quantitative estimate of drug-likeness (QED) is 0.669. The maximum Gasteiger partial charge on any atom is 0.420 e. The number of alkyl halides is 2. The van der Waals surface area contributed by atoms with Crippen LogP contribution in [0.3, 0.4) is 0 Å². The largest absolute Gasteiger partial charge is 0.443 e. The van der Waals surface area contributed by atoms with Crippen molar-refractivity contribution in [3.63, 3.8) is 0 Å². The minimum atomic E-state index is -0.529. The Balaban J connectivity index is 2.47. The number of hydrogen-bond donors (Lipinski definition) is 0. The average molecular weight is 390 g/mol. The molecule has 0 aliphatic carbocycles. The molecule has 19 heavy (non-hydrogen) atoms. The molecule has 0 radical (unpaired) electrons. The normalized spacial score (nSPS) is 12.1. The van der Waals surface area contributed by atoms with Crippen LogP contribution in [0.5, 0.6) is 0 Å². The number of rotatable bonds is 1. The predicted octanol–water partition coefficient (Wildman–Crippen LogP) is 4.61. The van der Waals surface area contributed by atoms with E-state index in [4.69, 9.17) is 4.74 Å². The van der Waals surface area contributed by atoms with Gasteiger partial charge in [-0.3, -0.25) is 0 Å². The van der Waals surface area contributed by atoms with Gasteiger partial charge < -0.3 is 4.74 Å². The summed E-state index contributed by atoms with van der Waals surface area (Å²) in [6.07, 6.45) is 1.07. The van der Waals surface area contributed by atoms with Gasteiger partial charge in [0.05, 0.1) is 14.8 Å². The molecule has 0 fully saturated rings. The highest BCUT2D eigenvalue weighted by Crippen LogP contribution is 2.33. The standard InChI is InChI=1S/C13H14Br2N2O2/c1-13(2,3)19-12(18)17-7-16-10-8(11(14)15)5-4-6-9(10)17/h4-7,11H,1-3H3. The van der Waals surface area contributed by atoms with E-state index in [2.05, 4.69) is 36.8 Å². The highest BCUT2D eigenvalue weighted by molar-refractivity contribution is 9.24. The molecule has 0 amide bonds. The number of fused-ring (bicyclic) bond motifs is 1. The summed E-state index contributed by atoms with van der Waals surface area (Å²) in [5.41, 5.74) is 1.95. The lowest BCUT2D eigenvalue weighted by Gasteiger charge is -2.19. The molecular weight excluding hydrogens is 376 g/mol. The summed E-state index contributed by atoms with van der Waals surface area (Å²) < 4.78 is 6.77. The Bertz CT molecular complexity index is 615. The third-order valence-corrected chi connectivity index (χ3v) is 3.42. The maximum absolute atomic E-state index is 12.1. The smallest absolute Gasteiger partial charge is 0.420 e. The van der Waals surface area contributed by atoms with Crippen LogP contribution in [0, 0.1) is 0 Å². The highest BCUT2D eigenvalue weighted by atomic mass is 79.9. The molecule has 0 aliphatic rings. The van der Waals surface area contributed by atoms with E-state index in [1.165, 1.54) is 10.9 Å². The minimum Gasteiger partial charge on any atom is -0.443 e. The van der Waals surface area contributed by atoms with E-state index < -0.39 is 11.7 Å². The van der Waals surface area contributed by atoms with Gasteiger partial charge in [-0.1, -0.05) is 44.0 Å². The van der Waals surface area contributed by atoms with Crippen LogP contribution in [0.25, 0.3) is 11.0 Å². The van der Waals surface area contributed by atoms with Crippen molar-refractivity contribution in [2.75, 3.05) is 0 Å². The fourth-order valence-corrected chi connectivity index (χ4v) is 2.43. The molecule has 1 aromatic carbocycles. The Morgan fingerprint density at radius 2 is 2.05 bits per heavy atom. The van der Waals surface area contributed by atoms with E-state index in [1.807, 2.05) is 39.0 Å². The summed E-state index contributed by atoms with van der Waals surface area (Å²) in [6.45, 7) is 5.51. The van der Waals surface area contributed by atoms with E-state index in [0.29, 0.717) is 0 Å². The molecule has 1 heterocycles. The van der Waals surface area contributed by atoms with Crippen molar-refractivity contribution in [1.82, 2.24) is 9.55 Å². The highest BCUT2D eigenvalue weighted by Gasteiger charge is 2.20. The lowest BCUT2D eigenvalue weighted by molar-refractivity contribution is 0.0543. The minimum absolute atomic E-state index is 0.00862. The van der Waals surface area contributed by atoms with Gasteiger partial charge in [0.15, 0.2) is 0 Å². The zero-order valence-corrected chi connectivity index (χ0v) is 14.0. The van der Waals surface area contributed by atoms with Crippen LogP contribution in [0.2, 0.25) is 0 Å². The first kappa shape index (κ1) is 14.5. The van der Waals surface area contributed by atoms with Crippen molar-refractivity contribution >= 4 is 49.0 Å². The van der Waals surface area contributed by atoms with Gasteiger partial charge in [-0.25, -0.2) is 14.3 Å². The molecule has 0 atom stereocenters. The molecule has 0 saturated carbocycles. The number of carbonyl (C=O) groups excluding carboxylic acids is 1. The number of ether oxygens (including phenoxy) is 1. The van der Waals surface area contributed by atoms with E-state index >= 15 is 0 Å². The molecule has 2 rings (SSSR count). The summed E-state index contributed by atoms with van der Waals surface area (Å²) >= 11 is 6.90. The van der Waals surface area contributed by atoms with E-state index in [9.17, 15) is 4.79 Å². The van der Waals surface area contributed by atoms with E-state index in [-0.39, 0.29) is 3.74 Å². The van der Waals surface area contributed by atoms with Gasteiger partial charge in [0.2, 0.25) is 0 Å². The lowest BCUT2D eigenvalue weighted by Crippen LogP contribution is -2.26. The van der Waals surface area contributed by atoms with Crippen LogP contribution < -0.4 is 0 Å². The number of hydrogen-bond acceptors (Lipinski definition) is 3. The Morgan fingerprint density at radius 3 is 2.63 bits per heavy atom. The zero-order valence-electron chi connectivity index (χ0n) is 10.9. The zero-order chi connectivity index (χ0) is 14.2. The molecule has 4 nitrogen and oxygen atoms in total. The summed E-state index contributed by atoms with van der Waals surface area (Å²) in [5, 5.41) is 0. The average Bonchev–Trinajstić information content (AvgIpc) is 2.69. The molecule has 0 saturated heterocycles. The molecule has 0 spiro atoms. The molecular formula is C13H14Br2N2O2. The molecule has 2 aromatic rings. The van der Waals surface area contributed by atoms with Crippen molar-refractivity contribution in [3.8, 4) is 0 Å². The summed E-state index contributed by atoms with van der Waals surface area (Å²) in [4.78, 5) is 16.4. The molecule has 0 N–H and O–H groups in total. The summed E-state index contributed by atoms with van der Waals surface area (Å²) in [6, 6.07) is 5.68. The fraction of sp³-hybridized carbons (Fsp3) is 0.385. The second kappa shape index (κ2) is 5.25. The van der Waals surface area contributed by atoms with Gasteiger partial charge in [-0.15, -0.1) is 0 Å². The van der Waals surface area contributed by atoms with Gasteiger partial charge in [-0.2, -0.15) is 0 Å². The first-order valence-electron chi connectivity index (χ1n) is 5.77. The van der Waals surface area contributed by atoms with Crippen molar-refractivity contribution in [1.29, 1.82) is 0 Å². The van der Waals surface area contributed by atoms with Crippen molar-refractivity contribution in [2.45, 2.75) is 30.1 Å². The number of halogens is 2. The predicted molar refractivity (Wildman–Crippen MR) is 82.0 cm³/mol. The SMILES string of the molecule is CC(C)(C)OC(=O)n1cnc2c(C(Br)Br)cccc21. The van der Waals surface area contributed by atoms with Crippen LogP contribution in [0.4, 0.5) is 4.79 Å². The lowest BCUT2D eigenvalue weighted by atomic mass is 10.2. The Labute approximate surface area is 128 Å². The maximum atomic E-state index is 12.1. The van der Waals surface area contributed by atoms with Crippen molar-refractivity contribution in [2.24, 2.45) is 0 Å². The monoisotopic (exact) mass is 388 g/mol. The van der Waals surface area contributed by atoms with Crippen LogP contribution in [-0.4, -0.2) is 21.2 Å². The van der Waals surface area contributed by atoms with Crippen molar-refractivity contribution < 1.29 is 9.53 Å². The first-order valence-corrected chi connectivity index (χ1v) is 7.60. The van der Waals surface area contributed by atoms with E-state index in [0.717, 1.165) is 16.6 Å². The number of nitrogens with zero attached hydrogens (tertiary/aromatic N) is 2. The van der Waals surface area contributed by atoms with Crippen molar-refractivity contribution in [3.05, 3.63) is 30.1 Å². The molecule has 0 aliphatic heterocycles. The first-order chi connectivity index (χ1) is 8.79. The van der Waals surface area contributed by atoms with Gasteiger partial charge in [0, 0.05) is 5.56 Å². The van der Waals surface area contributed by atoms with Gasteiger partial charge >= 0.3 is 6.09 Å². The molecule has 0 unspecified atom stereocenters. The van der Waals surface area contributed by atoms with Gasteiger partial charge in [0.25, 0.3) is 0 Å². The number of imidazole rings is 1. The second-order valence-corrected chi connectivity index (χ2v) is 8.17. The number of carbonyl (C=O) groups is 1. The Hall–Kier alpha value is -0.880. The summed E-state index contributed by atoms with van der Waals surface area (Å²) in [5.74, 6) is 0.